The summed E-state index contributed by atoms with van der Waals surface area (Å²) in [5.41, 5.74) is 4.65. The first-order valence-corrected chi connectivity index (χ1v) is 9.28. The topological polar surface area (TPSA) is 21.3 Å². The van der Waals surface area contributed by atoms with Crippen molar-refractivity contribution in [1.82, 2.24) is 5.32 Å². The first kappa shape index (κ1) is 18.8. The number of nitrogens with one attached hydrogen (secondary N) is 1. The largest absolute Gasteiger partial charge is 0.489 e. The highest BCUT2D eigenvalue weighted by Crippen LogP contribution is 2.23. The maximum atomic E-state index is 6.19. The van der Waals surface area contributed by atoms with Crippen molar-refractivity contribution in [2.24, 2.45) is 0 Å². The van der Waals surface area contributed by atoms with E-state index in [2.05, 4.69) is 42.6 Å². The molecule has 0 radical (unpaired) electrons. The van der Waals surface area contributed by atoms with E-state index in [-0.39, 0.29) is 0 Å². The summed E-state index contributed by atoms with van der Waals surface area (Å²) >= 11 is 12.1. The van der Waals surface area contributed by atoms with Gasteiger partial charge in [0.05, 0.1) is 0 Å². The molecule has 0 unspecified atom stereocenters. The number of halogens is 2. The van der Waals surface area contributed by atoms with Gasteiger partial charge in [0.1, 0.15) is 12.4 Å². The van der Waals surface area contributed by atoms with Gasteiger partial charge in [0.15, 0.2) is 0 Å². The third-order valence-corrected chi connectivity index (χ3v) is 4.67. The molecular formula is C22H21Cl2NO. The Balaban J connectivity index is 1.53. The quantitative estimate of drug-likeness (QED) is 0.524. The second-order valence-corrected chi connectivity index (χ2v) is 7.10. The number of aryl methyl sites for hydroxylation is 1. The molecule has 0 aliphatic carbocycles. The third kappa shape index (κ3) is 5.50. The molecule has 0 fully saturated rings. The van der Waals surface area contributed by atoms with Crippen LogP contribution in [0.15, 0.2) is 66.7 Å². The molecular weight excluding hydrogens is 365 g/mol. The SMILES string of the molecule is Cc1ccc(CNCc2cccc(OCc3ccc(Cl)cc3Cl)c2)cc1. The van der Waals surface area contributed by atoms with Crippen LogP contribution in [-0.2, 0) is 19.7 Å². The van der Waals surface area contributed by atoms with Crippen molar-refractivity contribution in [2.75, 3.05) is 0 Å². The number of hydrogen-bond donors (Lipinski definition) is 1. The van der Waals surface area contributed by atoms with Crippen LogP contribution in [0.2, 0.25) is 10.0 Å². The standard InChI is InChI=1S/C22H21Cl2NO/c1-16-5-7-17(8-6-16)13-25-14-18-3-2-4-21(11-18)26-15-19-9-10-20(23)12-22(19)24/h2-12,25H,13-15H2,1H3. The van der Waals surface area contributed by atoms with Crippen molar-refractivity contribution < 1.29 is 4.74 Å². The molecule has 0 aromatic heterocycles. The Bertz CT molecular complexity index is 862. The predicted octanol–water partition coefficient (Wildman–Crippen LogP) is 6.17. The Morgan fingerprint density at radius 3 is 2.38 bits per heavy atom. The van der Waals surface area contributed by atoms with E-state index >= 15 is 0 Å². The summed E-state index contributed by atoms with van der Waals surface area (Å²) in [6, 6.07) is 22.1. The first-order valence-electron chi connectivity index (χ1n) is 8.52. The summed E-state index contributed by atoms with van der Waals surface area (Å²) in [5.74, 6) is 0.825. The molecule has 0 spiro atoms. The Labute approximate surface area is 164 Å². The fraction of sp³-hybridized carbons (Fsp3) is 0.182. The molecule has 0 aliphatic heterocycles. The zero-order valence-electron chi connectivity index (χ0n) is 14.6. The summed E-state index contributed by atoms with van der Waals surface area (Å²) in [6.45, 7) is 4.13. The lowest BCUT2D eigenvalue weighted by atomic mass is 10.1. The van der Waals surface area contributed by atoms with E-state index in [9.17, 15) is 0 Å². The van der Waals surface area contributed by atoms with Gasteiger partial charge in [0.2, 0.25) is 0 Å². The summed E-state index contributed by atoms with van der Waals surface area (Å²) in [7, 11) is 0. The lowest BCUT2D eigenvalue weighted by molar-refractivity contribution is 0.306. The van der Waals surface area contributed by atoms with Crippen LogP contribution in [-0.4, -0.2) is 0 Å². The van der Waals surface area contributed by atoms with Crippen LogP contribution < -0.4 is 10.1 Å². The van der Waals surface area contributed by atoms with Crippen LogP contribution in [0.5, 0.6) is 5.75 Å². The number of benzene rings is 3. The van der Waals surface area contributed by atoms with Gasteiger partial charge < -0.3 is 10.1 Å². The second-order valence-electron chi connectivity index (χ2n) is 6.26. The van der Waals surface area contributed by atoms with E-state index in [1.165, 1.54) is 16.7 Å². The highest BCUT2D eigenvalue weighted by Gasteiger charge is 2.03. The van der Waals surface area contributed by atoms with Gasteiger partial charge >= 0.3 is 0 Å². The van der Waals surface area contributed by atoms with Gasteiger partial charge in [-0.2, -0.15) is 0 Å². The van der Waals surface area contributed by atoms with Crippen molar-refractivity contribution in [3.63, 3.8) is 0 Å². The molecule has 134 valence electrons. The minimum atomic E-state index is 0.413. The minimum Gasteiger partial charge on any atom is -0.489 e. The summed E-state index contributed by atoms with van der Waals surface area (Å²) in [4.78, 5) is 0. The average Bonchev–Trinajstić information content (AvgIpc) is 2.63. The molecule has 3 aromatic carbocycles. The van der Waals surface area contributed by atoms with Crippen molar-refractivity contribution in [3.05, 3.63) is 99.0 Å². The van der Waals surface area contributed by atoms with Crippen LogP contribution in [0.4, 0.5) is 0 Å². The lowest BCUT2D eigenvalue weighted by Gasteiger charge is -2.10. The van der Waals surface area contributed by atoms with E-state index < -0.39 is 0 Å². The molecule has 0 atom stereocenters. The fourth-order valence-electron chi connectivity index (χ4n) is 2.60. The van der Waals surface area contributed by atoms with Gasteiger partial charge in [-0.15, -0.1) is 0 Å². The van der Waals surface area contributed by atoms with Crippen molar-refractivity contribution in [2.45, 2.75) is 26.6 Å². The van der Waals surface area contributed by atoms with Crippen LogP contribution in [0, 0.1) is 6.92 Å². The van der Waals surface area contributed by atoms with Crippen molar-refractivity contribution in [1.29, 1.82) is 0 Å². The van der Waals surface area contributed by atoms with E-state index in [4.69, 9.17) is 27.9 Å². The number of hydrogen-bond acceptors (Lipinski definition) is 2. The monoisotopic (exact) mass is 385 g/mol. The van der Waals surface area contributed by atoms with Crippen molar-refractivity contribution in [3.8, 4) is 5.75 Å². The van der Waals surface area contributed by atoms with Gasteiger partial charge in [-0.05, 0) is 42.3 Å². The molecule has 0 saturated carbocycles. The maximum absolute atomic E-state index is 6.19. The molecule has 0 amide bonds. The smallest absolute Gasteiger partial charge is 0.120 e. The molecule has 0 saturated heterocycles. The third-order valence-electron chi connectivity index (χ3n) is 4.09. The number of ether oxygens (including phenoxy) is 1. The van der Waals surface area contributed by atoms with Crippen LogP contribution in [0.1, 0.15) is 22.3 Å². The molecule has 0 bridgehead atoms. The molecule has 0 heterocycles. The van der Waals surface area contributed by atoms with E-state index in [0.29, 0.717) is 16.7 Å². The summed E-state index contributed by atoms with van der Waals surface area (Å²) in [6.07, 6.45) is 0. The predicted molar refractivity (Wildman–Crippen MR) is 109 cm³/mol. The highest BCUT2D eigenvalue weighted by atomic mass is 35.5. The van der Waals surface area contributed by atoms with Crippen LogP contribution >= 0.6 is 23.2 Å². The van der Waals surface area contributed by atoms with Gasteiger partial charge in [-0.25, -0.2) is 0 Å². The molecule has 2 nitrogen and oxygen atoms in total. The zero-order valence-corrected chi connectivity index (χ0v) is 16.1. The molecule has 3 aromatic rings. The maximum Gasteiger partial charge on any atom is 0.120 e. The number of rotatable bonds is 7. The van der Waals surface area contributed by atoms with Crippen molar-refractivity contribution >= 4 is 23.2 Å². The van der Waals surface area contributed by atoms with E-state index in [1.807, 2.05) is 30.3 Å². The second kappa shape index (κ2) is 9.09. The Kier molecular flexibility index (Phi) is 6.56. The summed E-state index contributed by atoms with van der Waals surface area (Å²) in [5, 5.41) is 4.71. The Hall–Kier alpha value is -2.00. The van der Waals surface area contributed by atoms with Gasteiger partial charge in [0.25, 0.3) is 0 Å². The molecule has 3 rings (SSSR count). The van der Waals surface area contributed by atoms with Crippen LogP contribution in [0.25, 0.3) is 0 Å². The van der Waals surface area contributed by atoms with Gasteiger partial charge in [0, 0.05) is 28.7 Å². The fourth-order valence-corrected chi connectivity index (χ4v) is 3.07. The Morgan fingerprint density at radius 1 is 0.846 bits per heavy atom. The van der Waals surface area contributed by atoms with Gasteiger partial charge in [-0.3, -0.25) is 0 Å². The molecule has 0 aliphatic rings. The highest BCUT2D eigenvalue weighted by molar-refractivity contribution is 6.35. The van der Waals surface area contributed by atoms with Crippen LogP contribution in [0.3, 0.4) is 0 Å². The van der Waals surface area contributed by atoms with E-state index in [0.717, 1.165) is 24.4 Å². The molecule has 1 N–H and O–H groups in total. The zero-order chi connectivity index (χ0) is 18.4. The normalized spacial score (nSPS) is 10.7. The Morgan fingerprint density at radius 2 is 1.62 bits per heavy atom. The van der Waals surface area contributed by atoms with Gasteiger partial charge in [-0.1, -0.05) is 71.2 Å². The lowest BCUT2D eigenvalue weighted by Crippen LogP contribution is -2.12. The first-order chi connectivity index (χ1) is 12.6. The minimum absolute atomic E-state index is 0.413. The molecule has 26 heavy (non-hydrogen) atoms. The molecule has 4 heteroatoms. The average molecular weight is 386 g/mol. The van der Waals surface area contributed by atoms with E-state index in [1.54, 1.807) is 6.07 Å². The summed E-state index contributed by atoms with van der Waals surface area (Å²) < 4.78 is 5.88.